The summed E-state index contributed by atoms with van der Waals surface area (Å²) in [7, 11) is 0. The minimum absolute atomic E-state index is 0.0201. The van der Waals surface area contributed by atoms with Crippen LogP contribution in [0.25, 0.3) is 0 Å². The van der Waals surface area contributed by atoms with Crippen LogP contribution in [0.4, 0.5) is 0 Å². The van der Waals surface area contributed by atoms with E-state index in [1.807, 2.05) is 0 Å². The van der Waals surface area contributed by atoms with Crippen LogP contribution in [-0.2, 0) is 19.1 Å². The molecule has 5 rings (SSSR count). The van der Waals surface area contributed by atoms with E-state index < -0.39 is 29.7 Å². The third-order valence-corrected chi connectivity index (χ3v) is 13.9. The minimum atomic E-state index is -1.15. The molecule has 1 unspecified atom stereocenters. The number of allylic oxidation sites excluding steroid dienone is 2. The summed E-state index contributed by atoms with van der Waals surface area (Å²) in [6, 6.07) is 0. The van der Waals surface area contributed by atoms with Gasteiger partial charge in [0.2, 0.25) is 0 Å². The third kappa shape index (κ3) is 3.81. The molecule has 0 aromatic carbocycles. The molecule has 10 atom stereocenters. The molecule has 0 aromatic rings. The molecule has 39 heavy (non-hydrogen) atoms. The largest absolute Gasteiger partial charge is 0.481 e. The van der Waals surface area contributed by atoms with E-state index in [1.54, 1.807) is 0 Å². The number of hydrogen-bond acceptors (Lipinski definition) is 4. The first kappa shape index (κ1) is 28.7. The lowest BCUT2D eigenvalue weighted by atomic mass is 9.33. The van der Waals surface area contributed by atoms with Crippen LogP contribution in [0.5, 0.6) is 0 Å². The maximum Gasteiger partial charge on any atom is 0.317 e. The SMILES string of the molecule is C[C@H]1[C@H](C)CC[C@]2(C(=O)O)CC[C@]3(C)C(=CC[C@@H]4[C@@]5(C)CC[C@H](OC(=O)CC(=O)O)C(C)(C)C5CC[C@]43C)[C@@H]12. The van der Waals surface area contributed by atoms with Crippen molar-refractivity contribution in [2.24, 2.45) is 56.7 Å². The highest BCUT2D eigenvalue weighted by Gasteiger charge is 2.69. The van der Waals surface area contributed by atoms with Crippen LogP contribution < -0.4 is 0 Å². The summed E-state index contributed by atoms with van der Waals surface area (Å²) >= 11 is 0. The van der Waals surface area contributed by atoms with Crippen molar-refractivity contribution in [3.63, 3.8) is 0 Å². The maximum atomic E-state index is 12.9. The molecule has 0 radical (unpaired) electrons. The predicted octanol–water partition coefficient (Wildman–Crippen LogP) is 7.12. The molecule has 2 N–H and O–H groups in total. The van der Waals surface area contributed by atoms with E-state index in [0.29, 0.717) is 23.7 Å². The Kier molecular flexibility index (Phi) is 6.67. The van der Waals surface area contributed by atoms with Crippen LogP contribution >= 0.6 is 0 Å². The molecule has 0 spiro atoms. The number of carbonyl (C=O) groups is 3. The van der Waals surface area contributed by atoms with Gasteiger partial charge in [0.05, 0.1) is 5.41 Å². The fourth-order valence-electron chi connectivity index (χ4n) is 11.4. The number of rotatable bonds is 4. The van der Waals surface area contributed by atoms with Gasteiger partial charge in [0, 0.05) is 5.41 Å². The highest BCUT2D eigenvalue weighted by atomic mass is 16.5. The van der Waals surface area contributed by atoms with Crippen molar-refractivity contribution < 1.29 is 29.3 Å². The van der Waals surface area contributed by atoms with E-state index in [2.05, 4.69) is 54.5 Å². The Morgan fingerprint density at radius 3 is 2.23 bits per heavy atom. The summed E-state index contributed by atoms with van der Waals surface area (Å²) in [6.45, 7) is 16.5. The highest BCUT2D eigenvalue weighted by molar-refractivity contribution is 5.90. The van der Waals surface area contributed by atoms with Gasteiger partial charge in [-0.3, -0.25) is 14.4 Å². The molecule has 0 amide bonds. The van der Waals surface area contributed by atoms with Crippen LogP contribution in [0.15, 0.2) is 11.6 Å². The lowest BCUT2D eigenvalue weighted by molar-refractivity contribution is -0.214. The smallest absolute Gasteiger partial charge is 0.317 e. The summed E-state index contributed by atoms with van der Waals surface area (Å²) in [6.07, 6.45) is 9.99. The summed E-state index contributed by atoms with van der Waals surface area (Å²) in [5, 5.41) is 19.7. The topological polar surface area (TPSA) is 101 Å². The number of ether oxygens (including phenoxy) is 1. The maximum absolute atomic E-state index is 12.9. The first-order valence-electron chi connectivity index (χ1n) is 15.4. The van der Waals surface area contributed by atoms with Gasteiger partial charge in [0.15, 0.2) is 0 Å². The Hall–Kier alpha value is -1.85. The molecule has 0 saturated heterocycles. The second-order valence-corrected chi connectivity index (χ2v) is 15.5. The Labute approximate surface area is 234 Å². The quantitative estimate of drug-likeness (QED) is 0.223. The molecule has 6 nitrogen and oxygen atoms in total. The van der Waals surface area contributed by atoms with Crippen LogP contribution in [-0.4, -0.2) is 34.2 Å². The van der Waals surface area contributed by atoms with Crippen molar-refractivity contribution in [3.05, 3.63) is 11.6 Å². The third-order valence-electron chi connectivity index (χ3n) is 13.9. The zero-order valence-electron chi connectivity index (χ0n) is 25.1. The van der Waals surface area contributed by atoms with E-state index in [1.165, 1.54) is 5.57 Å². The summed E-state index contributed by atoms with van der Waals surface area (Å²) in [4.78, 5) is 36.3. The van der Waals surface area contributed by atoms with Crippen LogP contribution in [0.3, 0.4) is 0 Å². The number of carboxylic acids is 2. The lowest BCUT2D eigenvalue weighted by Crippen LogP contribution is -2.65. The molecule has 0 heterocycles. The van der Waals surface area contributed by atoms with Gasteiger partial charge >= 0.3 is 17.9 Å². The molecular weight excluding hydrogens is 492 g/mol. The van der Waals surface area contributed by atoms with E-state index in [4.69, 9.17) is 9.84 Å². The first-order valence-corrected chi connectivity index (χ1v) is 15.4. The molecule has 0 aromatic heterocycles. The van der Waals surface area contributed by atoms with Gasteiger partial charge in [-0.25, -0.2) is 0 Å². The molecule has 4 saturated carbocycles. The van der Waals surface area contributed by atoms with Crippen molar-refractivity contribution in [1.82, 2.24) is 0 Å². The zero-order valence-corrected chi connectivity index (χ0v) is 25.1. The van der Waals surface area contributed by atoms with Gasteiger partial charge in [0.25, 0.3) is 0 Å². The number of carbonyl (C=O) groups excluding carboxylic acids is 1. The fourth-order valence-corrected chi connectivity index (χ4v) is 11.4. The first-order chi connectivity index (χ1) is 18.0. The van der Waals surface area contributed by atoms with Gasteiger partial charge in [-0.1, -0.05) is 60.1 Å². The molecule has 6 heteroatoms. The summed E-state index contributed by atoms with van der Waals surface area (Å²) in [5.74, 6) is -0.522. The van der Waals surface area contributed by atoms with Crippen molar-refractivity contribution in [2.75, 3.05) is 0 Å². The Balaban J connectivity index is 1.50. The van der Waals surface area contributed by atoms with Crippen LogP contribution in [0.2, 0.25) is 0 Å². The number of carboxylic acid groups (broad SMARTS) is 2. The minimum Gasteiger partial charge on any atom is -0.481 e. The van der Waals surface area contributed by atoms with E-state index in [9.17, 15) is 19.5 Å². The van der Waals surface area contributed by atoms with Gasteiger partial charge in [-0.05, 0) is 104 Å². The Bertz CT molecular complexity index is 1090. The van der Waals surface area contributed by atoms with Gasteiger partial charge in [-0.15, -0.1) is 0 Å². The van der Waals surface area contributed by atoms with Gasteiger partial charge in [0.1, 0.15) is 12.5 Å². The molecule has 218 valence electrons. The molecule has 0 aliphatic heterocycles. The van der Waals surface area contributed by atoms with Gasteiger partial charge in [-0.2, -0.15) is 0 Å². The monoisotopic (exact) mass is 542 g/mol. The van der Waals surface area contributed by atoms with E-state index in [0.717, 1.165) is 57.8 Å². The standard InChI is InChI=1S/C33H50O6/c1-19-10-15-33(28(37)38)17-16-31(6)21(27(33)20(19)2)8-9-23-30(5)13-12-24(39-26(36)18-25(34)35)29(3,4)22(30)11-14-32(23,31)7/h8,19-20,22-24,27H,9-18H2,1-7H3,(H,34,35)(H,37,38)/t19-,20+,22?,23-,24+,27-,30+,31-,32-,33+/m1/s1. The highest BCUT2D eigenvalue weighted by Crippen LogP contribution is 2.75. The number of hydrogen-bond donors (Lipinski definition) is 2. The van der Waals surface area contributed by atoms with Gasteiger partial charge < -0.3 is 14.9 Å². The summed E-state index contributed by atoms with van der Waals surface area (Å²) < 4.78 is 5.81. The van der Waals surface area contributed by atoms with Crippen LogP contribution in [0.1, 0.15) is 113 Å². The van der Waals surface area contributed by atoms with Crippen molar-refractivity contribution in [2.45, 2.75) is 119 Å². The average Bonchev–Trinajstić information content (AvgIpc) is 2.83. The molecule has 5 aliphatic rings. The summed E-state index contributed by atoms with van der Waals surface area (Å²) in [5.41, 5.74) is 0.716. The normalized spacial score (nSPS) is 48.3. The van der Waals surface area contributed by atoms with E-state index in [-0.39, 0.29) is 33.7 Å². The second-order valence-electron chi connectivity index (χ2n) is 15.5. The Morgan fingerprint density at radius 2 is 1.59 bits per heavy atom. The molecule has 0 bridgehead atoms. The molecule has 4 fully saturated rings. The number of aliphatic carboxylic acids is 2. The fraction of sp³-hybridized carbons (Fsp3) is 0.848. The molecule has 5 aliphatic carbocycles. The van der Waals surface area contributed by atoms with E-state index >= 15 is 0 Å². The number of esters is 1. The average molecular weight is 543 g/mol. The number of fused-ring (bicyclic) bond motifs is 7. The van der Waals surface area contributed by atoms with Crippen molar-refractivity contribution >= 4 is 17.9 Å². The lowest BCUT2D eigenvalue weighted by Gasteiger charge is -2.71. The van der Waals surface area contributed by atoms with Crippen molar-refractivity contribution in [3.8, 4) is 0 Å². The van der Waals surface area contributed by atoms with Crippen LogP contribution in [0, 0.1) is 56.7 Å². The predicted molar refractivity (Wildman–Crippen MR) is 149 cm³/mol. The molecular formula is C33H50O6. The Morgan fingerprint density at radius 1 is 0.897 bits per heavy atom. The zero-order chi connectivity index (χ0) is 28.8. The second kappa shape index (κ2) is 9.08. The van der Waals surface area contributed by atoms with Crippen molar-refractivity contribution in [1.29, 1.82) is 0 Å².